The molecule has 6 nitrogen and oxygen atoms in total. The maximum atomic E-state index is 11.7. The molecule has 4 N–H and O–H groups in total. The fourth-order valence-electron chi connectivity index (χ4n) is 2.82. The van der Waals surface area contributed by atoms with Crippen molar-refractivity contribution in [2.24, 2.45) is 0 Å². The first kappa shape index (κ1) is 18.9. The van der Waals surface area contributed by atoms with Gasteiger partial charge in [0.05, 0.1) is 21.4 Å². The molecule has 1 saturated heterocycles. The van der Waals surface area contributed by atoms with E-state index in [4.69, 9.17) is 33.4 Å². The van der Waals surface area contributed by atoms with Crippen LogP contribution in [-0.4, -0.2) is 15.5 Å². The predicted molar refractivity (Wildman–Crippen MR) is 110 cm³/mol. The lowest BCUT2D eigenvalue weighted by Crippen LogP contribution is -2.10. The van der Waals surface area contributed by atoms with Gasteiger partial charge in [-0.05, 0) is 47.5 Å². The van der Waals surface area contributed by atoms with Crippen LogP contribution in [0.4, 0.5) is 10.5 Å². The van der Waals surface area contributed by atoms with Crippen LogP contribution in [-0.2, 0) is 4.79 Å². The molecule has 2 aromatic carbocycles. The largest absolute Gasteiger partial charge is 0.458 e. The summed E-state index contributed by atoms with van der Waals surface area (Å²) in [5, 5.41) is 13.6. The number of thioether (sulfide) groups is 1. The molecule has 1 unspecified atom stereocenters. The van der Waals surface area contributed by atoms with Gasteiger partial charge in [0.2, 0.25) is 5.12 Å². The second-order valence-electron chi connectivity index (χ2n) is 6.11. The first-order valence-corrected chi connectivity index (χ1v) is 9.60. The fraction of sp³-hybridized carbons (Fsp3) is 0.0526. The van der Waals surface area contributed by atoms with E-state index >= 15 is 0 Å². The molecule has 0 radical (unpaired) electrons. The Morgan fingerprint density at radius 2 is 1.86 bits per heavy atom. The second-order valence-corrected chi connectivity index (χ2v) is 7.87. The van der Waals surface area contributed by atoms with Crippen molar-refractivity contribution in [3.8, 4) is 0 Å². The van der Waals surface area contributed by atoms with Crippen molar-refractivity contribution < 1.29 is 19.1 Å². The second kappa shape index (κ2) is 7.18. The number of nitrogens with one attached hydrogen (secondary N) is 1. The lowest BCUT2D eigenvalue weighted by atomic mass is 10.1. The van der Waals surface area contributed by atoms with Gasteiger partial charge in [-0.15, -0.1) is 0 Å². The Kier molecular flexibility index (Phi) is 4.84. The molecule has 0 saturated carbocycles. The van der Waals surface area contributed by atoms with Crippen LogP contribution >= 0.6 is 35.0 Å². The summed E-state index contributed by atoms with van der Waals surface area (Å²) >= 11 is 12.7. The molecule has 2 heterocycles. The maximum Gasteiger partial charge on any atom is 0.291 e. The van der Waals surface area contributed by atoms with Crippen LogP contribution in [0.25, 0.3) is 17.0 Å². The Bertz CT molecular complexity index is 1150. The van der Waals surface area contributed by atoms with Gasteiger partial charge in [0.15, 0.2) is 0 Å². The average molecular weight is 435 g/mol. The van der Waals surface area contributed by atoms with E-state index in [1.807, 2.05) is 0 Å². The molecule has 9 heteroatoms. The topological polar surface area (TPSA) is 106 Å². The predicted octanol–water partition coefficient (Wildman–Crippen LogP) is 4.73. The van der Waals surface area contributed by atoms with Gasteiger partial charge in [0.25, 0.3) is 5.24 Å². The SMILES string of the molecule is Nc1c(Cl)cc(C(O)c2cc3cc(C=C4NC(=O)SC4=O)ccc3o2)cc1Cl. The number of fused-ring (bicyclic) bond motifs is 1. The molecular weight excluding hydrogens is 423 g/mol. The molecule has 3 aromatic rings. The molecule has 28 heavy (non-hydrogen) atoms. The van der Waals surface area contributed by atoms with Crippen molar-refractivity contribution in [2.75, 3.05) is 5.73 Å². The molecule has 1 aliphatic rings. The number of benzene rings is 2. The van der Waals surface area contributed by atoms with Gasteiger partial charge in [-0.1, -0.05) is 29.3 Å². The third-order valence-corrected chi connectivity index (χ3v) is 5.52. The third-order valence-electron chi connectivity index (χ3n) is 4.20. The molecular formula is C19H12Cl2N2O4S. The number of aliphatic hydroxyl groups excluding tert-OH is 1. The number of hydrogen-bond donors (Lipinski definition) is 3. The summed E-state index contributed by atoms with van der Waals surface area (Å²) in [6.45, 7) is 0. The van der Waals surface area contributed by atoms with Gasteiger partial charge in [-0.25, -0.2) is 0 Å². The van der Waals surface area contributed by atoms with Gasteiger partial charge in [0.1, 0.15) is 17.4 Å². The van der Waals surface area contributed by atoms with Gasteiger partial charge >= 0.3 is 0 Å². The number of anilines is 1. The molecule has 0 bridgehead atoms. The Balaban J connectivity index is 1.68. The van der Waals surface area contributed by atoms with Crippen molar-refractivity contribution in [1.82, 2.24) is 5.32 Å². The van der Waals surface area contributed by atoms with Crippen LogP contribution in [0.3, 0.4) is 0 Å². The van der Waals surface area contributed by atoms with Crippen LogP contribution in [0.2, 0.25) is 10.0 Å². The number of rotatable bonds is 3. The summed E-state index contributed by atoms with van der Waals surface area (Å²) in [7, 11) is 0. The van der Waals surface area contributed by atoms with Crippen LogP contribution in [0.1, 0.15) is 23.0 Å². The summed E-state index contributed by atoms with van der Waals surface area (Å²) in [5.41, 5.74) is 7.91. The Morgan fingerprint density at radius 3 is 2.50 bits per heavy atom. The summed E-state index contributed by atoms with van der Waals surface area (Å²) in [5.74, 6) is 0.303. The molecule has 1 aliphatic heterocycles. The van der Waals surface area contributed by atoms with Crippen molar-refractivity contribution in [2.45, 2.75) is 6.10 Å². The summed E-state index contributed by atoms with van der Waals surface area (Å²) in [6.07, 6.45) is 0.499. The maximum absolute atomic E-state index is 11.7. The van der Waals surface area contributed by atoms with Crippen LogP contribution in [0.5, 0.6) is 0 Å². The molecule has 1 fully saturated rings. The van der Waals surface area contributed by atoms with E-state index in [1.165, 1.54) is 12.1 Å². The van der Waals surface area contributed by atoms with Crippen LogP contribution < -0.4 is 11.1 Å². The number of carbonyl (C=O) groups excluding carboxylic acids is 2. The zero-order valence-corrected chi connectivity index (χ0v) is 16.4. The van der Waals surface area contributed by atoms with Crippen LogP contribution in [0, 0.1) is 0 Å². The summed E-state index contributed by atoms with van der Waals surface area (Å²) < 4.78 is 5.73. The number of furan rings is 1. The lowest BCUT2D eigenvalue weighted by Gasteiger charge is -2.10. The fourth-order valence-corrected chi connectivity index (χ4v) is 3.87. The molecule has 4 rings (SSSR count). The van der Waals surface area contributed by atoms with E-state index in [-0.39, 0.29) is 26.5 Å². The quantitative estimate of drug-likeness (QED) is 0.406. The number of aliphatic hydroxyl groups is 1. The minimum Gasteiger partial charge on any atom is -0.458 e. The molecule has 0 spiro atoms. The molecule has 1 aromatic heterocycles. The van der Waals surface area contributed by atoms with Crippen molar-refractivity contribution in [1.29, 1.82) is 0 Å². The van der Waals surface area contributed by atoms with Crippen molar-refractivity contribution in [3.05, 3.63) is 69.0 Å². The number of halogens is 2. The number of nitrogens with two attached hydrogens (primary N) is 1. The monoisotopic (exact) mass is 434 g/mol. The average Bonchev–Trinajstić information content (AvgIpc) is 3.21. The zero-order valence-electron chi connectivity index (χ0n) is 14.0. The summed E-state index contributed by atoms with van der Waals surface area (Å²) in [4.78, 5) is 23.0. The highest BCUT2D eigenvalue weighted by Gasteiger charge is 2.25. The lowest BCUT2D eigenvalue weighted by molar-refractivity contribution is -0.107. The van der Waals surface area contributed by atoms with E-state index < -0.39 is 11.3 Å². The highest BCUT2D eigenvalue weighted by Crippen LogP contribution is 2.35. The van der Waals surface area contributed by atoms with E-state index in [1.54, 1.807) is 30.3 Å². The van der Waals surface area contributed by atoms with Gasteiger partial charge in [0, 0.05) is 17.1 Å². The Morgan fingerprint density at radius 1 is 1.14 bits per heavy atom. The molecule has 1 atom stereocenters. The van der Waals surface area contributed by atoms with Crippen LogP contribution in [0.15, 0.2) is 46.5 Å². The smallest absolute Gasteiger partial charge is 0.291 e. The first-order chi connectivity index (χ1) is 13.3. The highest BCUT2D eigenvalue weighted by molar-refractivity contribution is 8.27. The number of carbonyl (C=O) groups is 2. The minimum absolute atomic E-state index is 0.226. The number of hydrogen-bond acceptors (Lipinski definition) is 6. The van der Waals surface area contributed by atoms with Crippen molar-refractivity contribution >= 4 is 68.1 Å². The van der Waals surface area contributed by atoms with E-state index in [2.05, 4.69) is 5.32 Å². The number of nitrogen functional groups attached to an aromatic ring is 1. The number of amides is 1. The van der Waals surface area contributed by atoms with Crippen molar-refractivity contribution in [3.63, 3.8) is 0 Å². The van der Waals surface area contributed by atoms with Gasteiger partial charge < -0.3 is 20.6 Å². The minimum atomic E-state index is -1.09. The van der Waals surface area contributed by atoms with E-state index in [9.17, 15) is 14.7 Å². The zero-order chi connectivity index (χ0) is 20.0. The third kappa shape index (κ3) is 3.49. The van der Waals surface area contributed by atoms with E-state index in [0.29, 0.717) is 34.2 Å². The summed E-state index contributed by atoms with van der Waals surface area (Å²) in [6, 6.07) is 9.99. The Labute approximate surface area is 173 Å². The van der Waals surface area contributed by atoms with Gasteiger partial charge in [-0.3, -0.25) is 9.59 Å². The Hall–Kier alpha value is -2.45. The first-order valence-electron chi connectivity index (χ1n) is 8.02. The molecule has 142 valence electrons. The molecule has 1 amide bonds. The van der Waals surface area contributed by atoms with E-state index in [0.717, 1.165) is 5.39 Å². The standard InChI is InChI=1S/C19H12Cl2N2O4S/c20-11-5-10(6-12(21)16(11)22)17(24)15-7-9-3-8(1-2-14(9)27-15)4-13-18(25)28-19(26)23-13/h1-7,17,24H,22H2,(H,23,26). The molecule has 0 aliphatic carbocycles. The highest BCUT2D eigenvalue weighted by atomic mass is 35.5. The van der Waals surface area contributed by atoms with Gasteiger partial charge in [-0.2, -0.15) is 0 Å². The normalized spacial score (nSPS) is 16.8.